The Bertz CT molecular complexity index is 341. The van der Waals surface area contributed by atoms with Crippen molar-refractivity contribution in [1.29, 1.82) is 0 Å². The van der Waals surface area contributed by atoms with Gasteiger partial charge < -0.3 is 10.5 Å². The second kappa shape index (κ2) is 5.01. The number of rotatable bonds is 3. The molecule has 0 saturated heterocycles. The van der Waals surface area contributed by atoms with Crippen LogP contribution >= 0.6 is 0 Å². The monoisotopic (exact) mass is 221 g/mol. The zero-order valence-corrected chi connectivity index (χ0v) is 10.1. The SMILES string of the molecule is CC(C)(C)C(COC(N)=O)c1ccccc1. The molecule has 0 aliphatic carbocycles. The quantitative estimate of drug-likeness (QED) is 0.853. The number of ether oxygens (including phenoxy) is 1. The number of hydrogen-bond donors (Lipinski definition) is 1. The van der Waals surface area contributed by atoms with Crippen molar-refractivity contribution in [3.8, 4) is 0 Å². The molecule has 1 unspecified atom stereocenters. The predicted molar refractivity (Wildman–Crippen MR) is 64.2 cm³/mol. The van der Waals surface area contributed by atoms with Gasteiger partial charge in [0.2, 0.25) is 0 Å². The molecule has 1 aromatic rings. The van der Waals surface area contributed by atoms with Crippen LogP contribution in [0.3, 0.4) is 0 Å². The highest BCUT2D eigenvalue weighted by atomic mass is 16.5. The van der Waals surface area contributed by atoms with Gasteiger partial charge in [0.05, 0.1) is 0 Å². The van der Waals surface area contributed by atoms with Crippen molar-refractivity contribution in [3.05, 3.63) is 35.9 Å². The lowest BCUT2D eigenvalue weighted by Gasteiger charge is -2.30. The minimum Gasteiger partial charge on any atom is -0.449 e. The maximum absolute atomic E-state index is 10.7. The number of carbonyl (C=O) groups excluding carboxylic acids is 1. The third-order valence-electron chi connectivity index (χ3n) is 2.64. The normalized spacial score (nSPS) is 13.2. The Labute approximate surface area is 96.6 Å². The first-order chi connectivity index (χ1) is 7.41. The predicted octanol–water partition coefficient (Wildman–Crippen LogP) is 2.91. The fourth-order valence-corrected chi connectivity index (χ4v) is 1.70. The number of hydrogen-bond acceptors (Lipinski definition) is 2. The van der Waals surface area contributed by atoms with Crippen LogP contribution in [0.25, 0.3) is 0 Å². The van der Waals surface area contributed by atoms with E-state index in [2.05, 4.69) is 20.8 Å². The van der Waals surface area contributed by atoms with Gasteiger partial charge in [-0.1, -0.05) is 51.1 Å². The van der Waals surface area contributed by atoms with Crippen LogP contribution in [-0.4, -0.2) is 12.7 Å². The van der Waals surface area contributed by atoms with Gasteiger partial charge in [-0.25, -0.2) is 4.79 Å². The zero-order chi connectivity index (χ0) is 12.2. The van der Waals surface area contributed by atoms with Gasteiger partial charge in [0, 0.05) is 5.92 Å². The lowest BCUT2D eigenvalue weighted by atomic mass is 9.77. The zero-order valence-electron chi connectivity index (χ0n) is 10.1. The molecule has 0 aliphatic rings. The van der Waals surface area contributed by atoms with E-state index in [1.807, 2.05) is 30.3 Å². The molecule has 1 aromatic carbocycles. The second-order valence-electron chi connectivity index (χ2n) is 4.96. The Morgan fingerprint density at radius 3 is 2.31 bits per heavy atom. The van der Waals surface area contributed by atoms with Gasteiger partial charge in [-0.3, -0.25) is 0 Å². The summed E-state index contributed by atoms with van der Waals surface area (Å²) in [6.07, 6.45) is -0.717. The van der Waals surface area contributed by atoms with Gasteiger partial charge in [-0.15, -0.1) is 0 Å². The summed E-state index contributed by atoms with van der Waals surface area (Å²) < 4.78 is 4.92. The number of carbonyl (C=O) groups is 1. The van der Waals surface area contributed by atoms with Gasteiger partial charge >= 0.3 is 6.09 Å². The molecule has 0 aliphatic heterocycles. The topological polar surface area (TPSA) is 52.3 Å². The van der Waals surface area contributed by atoms with E-state index in [1.54, 1.807) is 0 Å². The van der Waals surface area contributed by atoms with Gasteiger partial charge in [0.25, 0.3) is 0 Å². The minimum absolute atomic E-state index is 0.0246. The maximum Gasteiger partial charge on any atom is 0.404 e. The Kier molecular flexibility index (Phi) is 3.93. The van der Waals surface area contributed by atoms with E-state index in [1.165, 1.54) is 0 Å². The van der Waals surface area contributed by atoms with Crippen LogP contribution in [-0.2, 0) is 4.74 Å². The first-order valence-electron chi connectivity index (χ1n) is 5.38. The molecule has 0 aromatic heterocycles. The summed E-state index contributed by atoms with van der Waals surface area (Å²) in [6, 6.07) is 10.0. The van der Waals surface area contributed by atoms with Crippen molar-refractivity contribution < 1.29 is 9.53 Å². The highest BCUT2D eigenvalue weighted by Gasteiger charge is 2.27. The van der Waals surface area contributed by atoms with Crippen LogP contribution in [0.5, 0.6) is 0 Å². The molecule has 0 saturated carbocycles. The molecule has 0 fully saturated rings. The first kappa shape index (κ1) is 12.6. The van der Waals surface area contributed by atoms with Crippen molar-refractivity contribution in [2.45, 2.75) is 26.7 Å². The summed E-state index contributed by atoms with van der Waals surface area (Å²) in [5.74, 6) is 0.154. The molecule has 1 amide bonds. The molecular weight excluding hydrogens is 202 g/mol. The van der Waals surface area contributed by atoms with E-state index in [0.29, 0.717) is 6.61 Å². The fraction of sp³-hybridized carbons (Fsp3) is 0.462. The van der Waals surface area contributed by atoms with Gasteiger partial charge in [0.15, 0.2) is 0 Å². The first-order valence-corrected chi connectivity index (χ1v) is 5.38. The Morgan fingerprint density at radius 2 is 1.88 bits per heavy atom. The lowest BCUT2D eigenvalue weighted by Crippen LogP contribution is -2.26. The van der Waals surface area contributed by atoms with Crippen LogP contribution in [0.2, 0.25) is 0 Å². The molecule has 16 heavy (non-hydrogen) atoms. The van der Waals surface area contributed by atoms with Crippen LogP contribution < -0.4 is 5.73 Å². The van der Waals surface area contributed by atoms with E-state index < -0.39 is 6.09 Å². The summed E-state index contributed by atoms with van der Waals surface area (Å²) in [7, 11) is 0. The van der Waals surface area contributed by atoms with Crippen molar-refractivity contribution in [2.75, 3.05) is 6.61 Å². The molecular formula is C13H19NO2. The van der Waals surface area contributed by atoms with Crippen molar-refractivity contribution in [3.63, 3.8) is 0 Å². The molecule has 3 nitrogen and oxygen atoms in total. The van der Waals surface area contributed by atoms with E-state index in [9.17, 15) is 4.79 Å². The van der Waals surface area contributed by atoms with Gasteiger partial charge in [0.1, 0.15) is 6.61 Å². The van der Waals surface area contributed by atoms with E-state index >= 15 is 0 Å². The second-order valence-corrected chi connectivity index (χ2v) is 4.96. The van der Waals surface area contributed by atoms with Crippen LogP contribution in [0.4, 0.5) is 4.79 Å². The highest BCUT2D eigenvalue weighted by molar-refractivity contribution is 5.64. The number of benzene rings is 1. The molecule has 3 heteroatoms. The number of nitrogens with two attached hydrogens (primary N) is 1. The third-order valence-corrected chi connectivity index (χ3v) is 2.64. The summed E-state index contributed by atoms with van der Waals surface area (Å²) in [4.78, 5) is 10.7. The third kappa shape index (κ3) is 3.57. The van der Waals surface area contributed by atoms with Crippen LogP contribution in [0, 0.1) is 5.41 Å². The number of primary amides is 1. The Morgan fingerprint density at radius 1 is 1.31 bits per heavy atom. The van der Waals surface area contributed by atoms with Gasteiger partial charge in [-0.05, 0) is 11.0 Å². The summed E-state index contributed by atoms with van der Waals surface area (Å²) in [5, 5.41) is 0. The summed E-state index contributed by atoms with van der Waals surface area (Å²) in [6.45, 7) is 6.68. The van der Waals surface area contributed by atoms with E-state index in [-0.39, 0.29) is 11.3 Å². The highest BCUT2D eigenvalue weighted by Crippen LogP contribution is 2.34. The average Bonchev–Trinajstić information content (AvgIpc) is 2.17. The smallest absolute Gasteiger partial charge is 0.404 e. The molecule has 1 rings (SSSR count). The van der Waals surface area contributed by atoms with Gasteiger partial charge in [-0.2, -0.15) is 0 Å². The van der Waals surface area contributed by atoms with E-state index in [0.717, 1.165) is 5.56 Å². The van der Waals surface area contributed by atoms with Crippen molar-refractivity contribution in [2.24, 2.45) is 11.1 Å². The van der Waals surface area contributed by atoms with Crippen molar-refractivity contribution in [1.82, 2.24) is 0 Å². The van der Waals surface area contributed by atoms with Crippen molar-refractivity contribution >= 4 is 6.09 Å². The van der Waals surface area contributed by atoms with Crippen LogP contribution in [0.1, 0.15) is 32.3 Å². The molecule has 0 spiro atoms. The summed E-state index contributed by atoms with van der Waals surface area (Å²) in [5.41, 5.74) is 6.19. The molecule has 1 atom stereocenters. The molecule has 2 N–H and O–H groups in total. The average molecular weight is 221 g/mol. The molecule has 0 radical (unpaired) electrons. The standard InChI is InChI=1S/C13H19NO2/c1-13(2,3)11(9-16-12(14)15)10-7-5-4-6-8-10/h4-8,11H,9H2,1-3H3,(H2,14,15). The molecule has 0 bridgehead atoms. The van der Waals surface area contributed by atoms with E-state index in [4.69, 9.17) is 10.5 Å². The molecule has 88 valence electrons. The largest absolute Gasteiger partial charge is 0.449 e. The maximum atomic E-state index is 10.7. The fourth-order valence-electron chi connectivity index (χ4n) is 1.70. The Hall–Kier alpha value is -1.51. The summed E-state index contributed by atoms with van der Waals surface area (Å²) >= 11 is 0. The lowest BCUT2D eigenvalue weighted by molar-refractivity contribution is 0.126. The molecule has 0 heterocycles. The Balaban J connectivity index is 2.84. The minimum atomic E-state index is -0.717. The number of amides is 1. The van der Waals surface area contributed by atoms with Crippen LogP contribution in [0.15, 0.2) is 30.3 Å².